The fraction of sp³-hybridized carbons (Fsp3) is 0.250. The summed E-state index contributed by atoms with van der Waals surface area (Å²) in [6.07, 6.45) is 4.72. The average molecular weight is 500 g/mol. The van der Waals surface area contributed by atoms with E-state index >= 15 is 0 Å². The Morgan fingerprint density at radius 2 is 1.78 bits per heavy atom. The van der Waals surface area contributed by atoms with Crippen molar-refractivity contribution in [1.82, 2.24) is 20.4 Å². The minimum Gasteiger partial charge on any atom is -0.480 e. The molecule has 2 aromatic heterocycles. The van der Waals surface area contributed by atoms with Crippen LogP contribution in [-0.4, -0.2) is 38.1 Å². The maximum absolute atomic E-state index is 12.3. The van der Waals surface area contributed by atoms with Gasteiger partial charge in [0, 0.05) is 23.0 Å². The number of carboxylic acids is 1. The Morgan fingerprint density at radius 1 is 1.03 bits per heavy atom. The molecule has 0 radical (unpaired) electrons. The number of aliphatic carboxylic acids is 1. The third-order valence-electron chi connectivity index (χ3n) is 5.93. The fourth-order valence-electron chi connectivity index (χ4n) is 3.79. The number of hydrogen-bond donors (Lipinski definition) is 3. The largest absolute Gasteiger partial charge is 0.480 e. The van der Waals surface area contributed by atoms with Crippen molar-refractivity contribution >= 4 is 17.6 Å². The molecule has 0 spiro atoms. The summed E-state index contributed by atoms with van der Waals surface area (Å²) in [6.45, 7) is 3.58. The van der Waals surface area contributed by atoms with Crippen LogP contribution in [0, 0.1) is 0 Å². The summed E-state index contributed by atoms with van der Waals surface area (Å²) < 4.78 is 5.38. The number of nitrogens with zero attached hydrogens (tertiary/aromatic N) is 3. The molecule has 0 aliphatic heterocycles. The van der Waals surface area contributed by atoms with Crippen molar-refractivity contribution in [3.63, 3.8) is 0 Å². The first-order valence-electron chi connectivity index (χ1n) is 12.2. The van der Waals surface area contributed by atoms with Gasteiger partial charge in [-0.2, -0.15) is 4.98 Å². The van der Waals surface area contributed by atoms with Crippen molar-refractivity contribution in [2.24, 2.45) is 0 Å². The first-order valence-corrected chi connectivity index (χ1v) is 12.2. The van der Waals surface area contributed by atoms with E-state index in [1.165, 1.54) is 6.92 Å². The molecular weight excluding hydrogens is 470 g/mol. The summed E-state index contributed by atoms with van der Waals surface area (Å²) in [5, 5.41) is 19.1. The standard InChI is InChI=1S/C28H29N5O4/c1-3-4-7-23(31-22-15-13-21(14-16-22)26(34)30-18(2)28(35)36)19-9-11-20(12-10-19)25-32-27(37-33-25)24-8-5-6-17-29-24/h5-6,8-18,23,31H,3-4,7H2,1-2H3,(H,30,34)(H,35,36)/t18-,23?/m1/s1. The van der Waals surface area contributed by atoms with Crippen molar-refractivity contribution in [1.29, 1.82) is 0 Å². The highest BCUT2D eigenvalue weighted by Crippen LogP contribution is 2.28. The number of pyridine rings is 1. The van der Waals surface area contributed by atoms with Gasteiger partial charge in [0.2, 0.25) is 5.82 Å². The van der Waals surface area contributed by atoms with Gasteiger partial charge in [-0.05, 0) is 55.3 Å². The van der Waals surface area contributed by atoms with Crippen molar-refractivity contribution in [3.05, 3.63) is 84.1 Å². The van der Waals surface area contributed by atoms with Gasteiger partial charge in [-0.15, -0.1) is 0 Å². The smallest absolute Gasteiger partial charge is 0.325 e. The lowest BCUT2D eigenvalue weighted by Crippen LogP contribution is -2.38. The lowest BCUT2D eigenvalue weighted by atomic mass is 9.99. The van der Waals surface area contributed by atoms with Crippen LogP contribution in [0.2, 0.25) is 0 Å². The molecule has 190 valence electrons. The summed E-state index contributed by atoms with van der Waals surface area (Å²) in [5.74, 6) is -0.635. The van der Waals surface area contributed by atoms with Crippen LogP contribution in [0.25, 0.3) is 23.0 Å². The molecule has 1 unspecified atom stereocenters. The molecule has 0 aliphatic rings. The summed E-state index contributed by atoms with van der Waals surface area (Å²) in [5.41, 5.74) is 3.85. The Kier molecular flexibility index (Phi) is 8.25. The van der Waals surface area contributed by atoms with Gasteiger partial charge in [0.15, 0.2) is 0 Å². The molecule has 0 saturated heterocycles. The van der Waals surface area contributed by atoms with Crippen LogP contribution in [0.1, 0.15) is 55.1 Å². The Bertz CT molecular complexity index is 1320. The second-order valence-electron chi connectivity index (χ2n) is 8.71. The van der Waals surface area contributed by atoms with Gasteiger partial charge in [-0.1, -0.05) is 55.3 Å². The molecule has 1 amide bonds. The number of carbonyl (C=O) groups is 2. The van der Waals surface area contributed by atoms with E-state index in [9.17, 15) is 9.59 Å². The molecule has 4 rings (SSSR count). The van der Waals surface area contributed by atoms with E-state index in [-0.39, 0.29) is 6.04 Å². The Labute approximate surface area is 215 Å². The number of carboxylic acid groups (broad SMARTS) is 1. The minimum absolute atomic E-state index is 0.0649. The molecule has 0 fully saturated rings. The van der Waals surface area contributed by atoms with Crippen LogP contribution >= 0.6 is 0 Å². The third-order valence-corrected chi connectivity index (χ3v) is 5.93. The Hall–Kier alpha value is -4.53. The monoisotopic (exact) mass is 499 g/mol. The van der Waals surface area contributed by atoms with Crippen LogP contribution in [0.15, 0.2) is 77.4 Å². The van der Waals surface area contributed by atoms with Crippen LogP contribution in [-0.2, 0) is 4.79 Å². The highest BCUT2D eigenvalue weighted by Gasteiger charge is 2.17. The van der Waals surface area contributed by atoms with E-state index in [4.69, 9.17) is 9.63 Å². The first kappa shape index (κ1) is 25.6. The second-order valence-corrected chi connectivity index (χ2v) is 8.71. The van der Waals surface area contributed by atoms with Crippen molar-refractivity contribution in [2.45, 2.75) is 45.2 Å². The SMILES string of the molecule is CCCCC(Nc1ccc(C(=O)N[C@H](C)C(=O)O)cc1)c1ccc(-c2noc(-c3ccccn3)n2)cc1. The van der Waals surface area contributed by atoms with Crippen molar-refractivity contribution in [3.8, 4) is 23.0 Å². The number of amides is 1. The fourth-order valence-corrected chi connectivity index (χ4v) is 3.79. The second kappa shape index (κ2) is 11.9. The number of unbranched alkanes of at least 4 members (excludes halogenated alkanes) is 1. The summed E-state index contributed by atoms with van der Waals surface area (Å²) in [7, 11) is 0. The van der Waals surface area contributed by atoms with Gasteiger partial charge in [0.25, 0.3) is 11.8 Å². The van der Waals surface area contributed by atoms with E-state index in [1.54, 1.807) is 18.3 Å². The van der Waals surface area contributed by atoms with Crippen molar-refractivity contribution < 1.29 is 19.2 Å². The normalized spacial score (nSPS) is 12.5. The maximum Gasteiger partial charge on any atom is 0.325 e. The molecule has 0 aliphatic carbocycles. The number of hydrogen-bond acceptors (Lipinski definition) is 7. The van der Waals surface area contributed by atoms with E-state index in [0.717, 1.165) is 36.1 Å². The zero-order valence-electron chi connectivity index (χ0n) is 20.7. The highest BCUT2D eigenvalue weighted by molar-refractivity contribution is 5.96. The van der Waals surface area contributed by atoms with Gasteiger partial charge in [-0.25, -0.2) is 0 Å². The topological polar surface area (TPSA) is 130 Å². The van der Waals surface area contributed by atoms with Crippen LogP contribution in [0.3, 0.4) is 0 Å². The molecule has 2 aromatic carbocycles. The predicted octanol–water partition coefficient (Wildman–Crippen LogP) is 5.34. The number of aromatic nitrogens is 3. The molecule has 0 saturated carbocycles. The quantitative estimate of drug-likeness (QED) is 0.252. The van der Waals surface area contributed by atoms with E-state index in [2.05, 4.69) is 44.8 Å². The molecule has 4 aromatic rings. The van der Waals surface area contributed by atoms with Gasteiger partial charge < -0.3 is 20.3 Å². The van der Waals surface area contributed by atoms with Crippen LogP contribution in [0.4, 0.5) is 5.69 Å². The summed E-state index contributed by atoms with van der Waals surface area (Å²) in [6, 6.07) is 19.7. The van der Waals surface area contributed by atoms with E-state index in [1.807, 2.05) is 42.5 Å². The van der Waals surface area contributed by atoms with Crippen LogP contribution < -0.4 is 10.6 Å². The Balaban J connectivity index is 1.46. The number of rotatable bonds is 11. The van der Waals surface area contributed by atoms with Crippen molar-refractivity contribution in [2.75, 3.05) is 5.32 Å². The van der Waals surface area contributed by atoms with Gasteiger partial charge in [0.05, 0.1) is 6.04 Å². The maximum atomic E-state index is 12.3. The zero-order valence-corrected chi connectivity index (χ0v) is 20.7. The molecule has 9 heteroatoms. The Morgan fingerprint density at radius 3 is 2.43 bits per heavy atom. The lowest BCUT2D eigenvalue weighted by Gasteiger charge is -2.21. The predicted molar refractivity (Wildman–Crippen MR) is 140 cm³/mol. The first-order chi connectivity index (χ1) is 17.9. The van der Waals surface area contributed by atoms with Gasteiger partial charge in [-0.3, -0.25) is 14.6 Å². The lowest BCUT2D eigenvalue weighted by molar-refractivity contribution is -0.138. The molecular formula is C28H29N5O4. The number of nitrogens with one attached hydrogen (secondary N) is 2. The molecule has 2 atom stereocenters. The number of carbonyl (C=O) groups excluding carboxylic acids is 1. The molecule has 3 N–H and O–H groups in total. The van der Waals surface area contributed by atoms with Gasteiger partial charge in [0.1, 0.15) is 11.7 Å². The average Bonchev–Trinajstić information content (AvgIpc) is 3.42. The molecule has 0 bridgehead atoms. The third kappa shape index (κ3) is 6.58. The summed E-state index contributed by atoms with van der Waals surface area (Å²) >= 11 is 0. The molecule has 2 heterocycles. The van der Waals surface area contributed by atoms with Gasteiger partial charge >= 0.3 is 5.97 Å². The minimum atomic E-state index is -1.08. The molecule has 37 heavy (non-hydrogen) atoms. The zero-order chi connectivity index (χ0) is 26.2. The van der Waals surface area contributed by atoms with E-state index < -0.39 is 17.9 Å². The number of benzene rings is 2. The summed E-state index contributed by atoms with van der Waals surface area (Å²) in [4.78, 5) is 32.0. The highest BCUT2D eigenvalue weighted by atomic mass is 16.5. The van der Waals surface area contributed by atoms with E-state index in [0.29, 0.717) is 23.0 Å². The molecule has 9 nitrogen and oxygen atoms in total. The van der Waals surface area contributed by atoms with Crippen LogP contribution in [0.5, 0.6) is 0 Å². The number of anilines is 1.